The first-order valence-corrected chi connectivity index (χ1v) is 10.8. The Morgan fingerprint density at radius 3 is 2.79 bits per heavy atom. The summed E-state index contributed by atoms with van der Waals surface area (Å²) in [5, 5.41) is 3.63. The lowest BCUT2D eigenvalue weighted by Crippen LogP contribution is -2.07. The average molecular weight is 410 g/mol. The van der Waals surface area contributed by atoms with E-state index in [2.05, 4.69) is 53.9 Å². The van der Waals surface area contributed by atoms with Gasteiger partial charge in [0.2, 0.25) is 0 Å². The molecule has 2 aromatic carbocycles. The number of hydrogen-bond acceptors (Lipinski definition) is 5. The standard InChI is InChI=1S/C23H27N3O2S/c1-5-28-17-9-10-19-20(14-17)29-23-25-21(18-13-15(2)7-8-16(18)3)22(26(19)23)24-11-6-12-27-4/h7-10,13-14,24H,5-6,11-12H2,1-4H3. The Morgan fingerprint density at radius 2 is 2.00 bits per heavy atom. The summed E-state index contributed by atoms with van der Waals surface area (Å²) >= 11 is 1.69. The average Bonchev–Trinajstić information content (AvgIpc) is 3.23. The van der Waals surface area contributed by atoms with Crippen molar-refractivity contribution < 1.29 is 9.47 Å². The van der Waals surface area contributed by atoms with Crippen LogP contribution in [0.15, 0.2) is 36.4 Å². The van der Waals surface area contributed by atoms with Gasteiger partial charge in [0.1, 0.15) is 17.3 Å². The van der Waals surface area contributed by atoms with Crippen molar-refractivity contribution in [2.45, 2.75) is 27.2 Å². The van der Waals surface area contributed by atoms with Gasteiger partial charge < -0.3 is 14.8 Å². The number of benzene rings is 2. The molecule has 0 unspecified atom stereocenters. The molecule has 0 aliphatic heterocycles. The number of ether oxygens (including phenoxy) is 2. The smallest absolute Gasteiger partial charge is 0.197 e. The van der Waals surface area contributed by atoms with Crippen molar-refractivity contribution in [3.8, 4) is 17.0 Å². The third-order valence-corrected chi connectivity index (χ3v) is 6.00. The quantitative estimate of drug-likeness (QED) is 0.380. The maximum atomic E-state index is 5.68. The van der Waals surface area contributed by atoms with Gasteiger partial charge in [-0.2, -0.15) is 0 Å². The summed E-state index contributed by atoms with van der Waals surface area (Å²) < 4.78 is 14.3. The zero-order valence-corrected chi connectivity index (χ0v) is 18.2. The summed E-state index contributed by atoms with van der Waals surface area (Å²) in [6, 6.07) is 12.8. The molecule has 0 radical (unpaired) electrons. The van der Waals surface area contributed by atoms with E-state index in [1.54, 1.807) is 18.4 Å². The molecule has 0 aliphatic carbocycles. The molecule has 2 aromatic heterocycles. The highest BCUT2D eigenvalue weighted by Gasteiger charge is 2.19. The maximum Gasteiger partial charge on any atom is 0.197 e. The maximum absolute atomic E-state index is 5.68. The largest absolute Gasteiger partial charge is 0.494 e. The van der Waals surface area contributed by atoms with Gasteiger partial charge in [-0.1, -0.05) is 29.0 Å². The number of anilines is 1. The fourth-order valence-electron chi connectivity index (χ4n) is 3.57. The molecule has 6 heteroatoms. The van der Waals surface area contributed by atoms with Gasteiger partial charge in [0.05, 0.1) is 16.8 Å². The molecule has 0 saturated carbocycles. The van der Waals surface area contributed by atoms with Gasteiger partial charge in [0.15, 0.2) is 4.96 Å². The van der Waals surface area contributed by atoms with Crippen LogP contribution in [-0.4, -0.2) is 36.3 Å². The molecule has 1 N–H and O–H groups in total. The van der Waals surface area contributed by atoms with Gasteiger partial charge in [-0.3, -0.25) is 4.40 Å². The molecule has 2 heterocycles. The summed E-state index contributed by atoms with van der Waals surface area (Å²) in [5.41, 5.74) is 5.79. The van der Waals surface area contributed by atoms with Crippen molar-refractivity contribution in [3.05, 3.63) is 47.5 Å². The number of fused-ring (bicyclic) bond motifs is 3. The van der Waals surface area contributed by atoms with Crippen molar-refractivity contribution in [3.63, 3.8) is 0 Å². The Morgan fingerprint density at radius 1 is 1.14 bits per heavy atom. The van der Waals surface area contributed by atoms with Gasteiger partial charge in [-0.15, -0.1) is 0 Å². The monoisotopic (exact) mass is 409 g/mol. The minimum atomic E-state index is 0.664. The molecule has 4 rings (SSSR count). The molecular formula is C23H27N3O2S. The highest BCUT2D eigenvalue weighted by atomic mass is 32.1. The summed E-state index contributed by atoms with van der Waals surface area (Å²) in [6.45, 7) is 8.49. The number of thiazole rings is 1. The van der Waals surface area contributed by atoms with Crippen LogP contribution >= 0.6 is 11.3 Å². The fourth-order valence-corrected chi connectivity index (χ4v) is 4.63. The zero-order valence-electron chi connectivity index (χ0n) is 17.4. The van der Waals surface area contributed by atoms with E-state index in [1.807, 2.05) is 13.0 Å². The second kappa shape index (κ2) is 8.43. The van der Waals surface area contributed by atoms with Crippen LogP contribution in [0.2, 0.25) is 0 Å². The van der Waals surface area contributed by atoms with Gasteiger partial charge >= 0.3 is 0 Å². The Hall–Kier alpha value is -2.57. The minimum Gasteiger partial charge on any atom is -0.494 e. The van der Waals surface area contributed by atoms with E-state index >= 15 is 0 Å². The van der Waals surface area contributed by atoms with Gasteiger partial charge in [0.25, 0.3) is 0 Å². The lowest BCUT2D eigenvalue weighted by atomic mass is 10.0. The first kappa shape index (κ1) is 19.7. The predicted octanol–water partition coefficient (Wildman–Crippen LogP) is 5.68. The van der Waals surface area contributed by atoms with Crippen LogP contribution in [0.25, 0.3) is 26.4 Å². The molecule has 0 fully saturated rings. The third kappa shape index (κ3) is 3.82. The molecule has 0 saturated heterocycles. The molecule has 5 nitrogen and oxygen atoms in total. The Labute approximate surface area is 175 Å². The van der Waals surface area contributed by atoms with Gasteiger partial charge in [-0.25, -0.2) is 4.98 Å². The molecule has 0 amide bonds. The van der Waals surface area contributed by atoms with Crippen molar-refractivity contribution in [2.75, 3.05) is 32.2 Å². The van der Waals surface area contributed by atoms with Crippen LogP contribution in [0.3, 0.4) is 0 Å². The van der Waals surface area contributed by atoms with E-state index in [9.17, 15) is 0 Å². The zero-order chi connectivity index (χ0) is 20.4. The van der Waals surface area contributed by atoms with Crippen LogP contribution in [0.1, 0.15) is 24.5 Å². The van der Waals surface area contributed by atoms with Crippen LogP contribution in [0.5, 0.6) is 5.75 Å². The first-order chi connectivity index (χ1) is 14.1. The van der Waals surface area contributed by atoms with E-state index in [0.29, 0.717) is 6.61 Å². The van der Waals surface area contributed by atoms with Crippen LogP contribution < -0.4 is 10.1 Å². The molecular weight excluding hydrogens is 382 g/mol. The number of aryl methyl sites for hydroxylation is 2. The Kier molecular flexibility index (Phi) is 5.74. The molecule has 0 aliphatic rings. The molecule has 0 spiro atoms. The lowest BCUT2D eigenvalue weighted by Gasteiger charge is -2.11. The van der Waals surface area contributed by atoms with Crippen molar-refractivity contribution in [2.24, 2.45) is 0 Å². The van der Waals surface area contributed by atoms with Crippen molar-refractivity contribution in [1.29, 1.82) is 0 Å². The van der Waals surface area contributed by atoms with Crippen LogP contribution in [0.4, 0.5) is 5.82 Å². The number of imidazole rings is 1. The number of hydrogen-bond donors (Lipinski definition) is 1. The number of nitrogens with zero attached hydrogens (tertiary/aromatic N) is 2. The number of rotatable bonds is 8. The van der Waals surface area contributed by atoms with Crippen molar-refractivity contribution in [1.82, 2.24) is 9.38 Å². The van der Waals surface area contributed by atoms with E-state index in [-0.39, 0.29) is 0 Å². The Bertz CT molecular complexity index is 1150. The fraction of sp³-hybridized carbons (Fsp3) is 0.348. The van der Waals surface area contributed by atoms with Crippen LogP contribution in [-0.2, 0) is 4.74 Å². The number of aromatic nitrogens is 2. The summed E-state index contributed by atoms with van der Waals surface area (Å²) in [5.74, 6) is 1.94. The molecule has 0 bridgehead atoms. The highest BCUT2D eigenvalue weighted by molar-refractivity contribution is 7.23. The molecule has 4 aromatic rings. The van der Waals surface area contributed by atoms with Gasteiger partial charge in [-0.05, 0) is 57.0 Å². The van der Waals surface area contributed by atoms with E-state index in [0.717, 1.165) is 47.3 Å². The summed E-state index contributed by atoms with van der Waals surface area (Å²) in [4.78, 5) is 6.03. The topological polar surface area (TPSA) is 47.8 Å². The van der Waals surface area contributed by atoms with E-state index < -0.39 is 0 Å². The number of nitrogens with one attached hydrogen (secondary N) is 1. The predicted molar refractivity (Wildman–Crippen MR) is 122 cm³/mol. The van der Waals surface area contributed by atoms with E-state index in [4.69, 9.17) is 14.5 Å². The molecule has 0 atom stereocenters. The molecule has 152 valence electrons. The highest BCUT2D eigenvalue weighted by Crippen LogP contribution is 2.38. The molecule has 29 heavy (non-hydrogen) atoms. The third-order valence-electron chi connectivity index (χ3n) is 5.00. The first-order valence-electron chi connectivity index (χ1n) is 10.0. The van der Waals surface area contributed by atoms with E-state index in [1.165, 1.54) is 21.4 Å². The second-order valence-corrected chi connectivity index (χ2v) is 8.19. The van der Waals surface area contributed by atoms with Crippen LogP contribution in [0, 0.1) is 13.8 Å². The van der Waals surface area contributed by atoms with Crippen molar-refractivity contribution >= 4 is 32.3 Å². The number of methoxy groups -OCH3 is 1. The second-order valence-electron chi connectivity index (χ2n) is 7.18. The normalized spacial score (nSPS) is 11.4. The summed E-state index contributed by atoms with van der Waals surface area (Å²) in [6.07, 6.45) is 0.937. The lowest BCUT2D eigenvalue weighted by molar-refractivity contribution is 0.198. The summed E-state index contributed by atoms with van der Waals surface area (Å²) in [7, 11) is 1.74. The Balaban J connectivity index is 1.87. The van der Waals surface area contributed by atoms with Gasteiger partial charge in [0, 0.05) is 25.8 Å². The minimum absolute atomic E-state index is 0.664. The SMILES string of the molecule is CCOc1ccc2c(c1)sc1nc(-c3cc(C)ccc3C)c(NCCCOC)n12.